The van der Waals surface area contributed by atoms with Crippen molar-refractivity contribution in [3.63, 3.8) is 0 Å². The first kappa shape index (κ1) is 21.1. The molecule has 12 heteroatoms. The molecule has 150 valence electrons. The van der Waals surface area contributed by atoms with Gasteiger partial charge in [0.1, 0.15) is 0 Å². The highest BCUT2D eigenvalue weighted by Gasteiger charge is 2.32. The predicted octanol–water partition coefficient (Wildman–Crippen LogP) is 2.99. The van der Waals surface area contributed by atoms with Crippen molar-refractivity contribution in [2.45, 2.75) is 4.90 Å². The standard InChI is InChI=1S/C16H16O9P2S/c17-26(18,19)25-27(20,21)24-8-9-28(22,23)16-7-3-6-14-10-12-4-1-2-5-13(12)11-15(14)16/h1-7,10-11H,8-9H2,(H,20,21)(H2,17,18,19). The van der Waals surface area contributed by atoms with Gasteiger partial charge in [0.25, 0.3) is 0 Å². The zero-order chi connectivity index (χ0) is 20.6. The van der Waals surface area contributed by atoms with Crippen LogP contribution in [-0.2, 0) is 27.8 Å². The molecule has 0 fully saturated rings. The van der Waals surface area contributed by atoms with Crippen LogP contribution in [0.4, 0.5) is 0 Å². The molecule has 0 aliphatic heterocycles. The molecule has 3 rings (SSSR count). The normalized spacial score (nSPS) is 15.0. The fourth-order valence-electron chi connectivity index (χ4n) is 2.74. The summed E-state index contributed by atoms with van der Waals surface area (Å²) in [6.07, 6.45) is 0. The average Bonchev–Trinajstić information content (AvgIpc) is 2.56. The van der Waals surface area contributed by atoms with E-state index < -0.39 is 37.8 Å². The zero-order valence-electron chi connectivity index (χ0n) is 14.2. The van der Waals surface area contributed by atoms with Crippen molar-refractivity contribution >= 4 is 47.0 Å². The van der Waals surface area contributed by atoms with Gasteiger partial charge in [0.2, 0.25) is 0 Å². The maximum absolute atomic E-state index is 12.7. The lowest BCUT2D eigenvalue weighted by Crippen LogP contribution is -2.12. The molecule has 0 heterocycles. The molecule has 0 amide bonds. The van der Waals surface area contributed by atoms with Crippen molar-refractivity contribution in [2.24, 2.45) is 0 Å². The highest BCUT2D eigenvalue weighted by atomic mass is 32.2. The maximum atomic E-state index is 12.7. The van der Waals surface area contributed by atoms with Crippen LogP contribution in [0.3, 0.4) is 0 Å². The summed E-state index contributed by atoms with van der Waals surface area (Å²) in [5.41, 5.74) is 0. The molecule has 1 unspecified atom stereocenters. The molecule has 0 aliphatic rings. The van der Waals surface area contributed by atoms with Crippen molar-refractivity contribution in [1.82, 2.24) is 0 Å². The number of phosphoric ester groups is 1. The first-order valence-corrected chi connectivity index (χ1v) is 12.5. The number of benzene rings is 3. The minimum absolute atomic E-state index is 0.0167. The van der Waals surface area contributed by atoms with Crippen molar-refractivity contribution in [1.29, 1.82) is 0 Å². The Kier molecular flexibility index (Phi) is 5.78. The number of hydrogen-bond donors (Lipinski definition) is 3. The smallest absolute Gasteiger partial charge is 0.302 e. The van der Waals surface area contributed by atoms with Crippen molar-refractivity contribution < 1.29 is 41.1 Å². The summed E-state index contributed by atoms with van der Waals surface area (Å²) in [7, 11) is -14.3. The Bertz CT molecular complexity index is 1230. The molecule has 3 aromatic carbocycles. The second-order valence-electron chi connectivity index (χ2n) is 5.87. The summed E-state index contributed by atoms with van der Waals surface area (Å²) >= 11 is 0. The summed E-state index contributed by atoms with van der Waals surface area (Å²) in [5.74, 6) is -0.686. The van der Waals surface area contributed by atoms with Gasteiger partial charge in [0.05, 0.1) is 17.3 Å². The van der Waals surface area contributed by atoms with Crippen LogP contribution >= 0.6 is 15.6 Å². The van der Waals surface area contributed by atoms with E-state index in [1.165, 1.54) is 6.07 Å². The van der Waals surface area contributed by atoms with Gasteiger partial charge in [0.15, 0.2) is 9.84 Å². The Morgan fingerprint density at radius 3 is 2.11 bits per heavy atom. The molecule has 0 radical (unpaired) electrons. The first-order valence-electron chi connectivity index (χ1n) is 7.85. The molecular weight excluding hydrogens is 430 g/mol. The van der Waals surface area contributed by atoms with Crippen LogP contribution in [0.5, 0.6) is 0 Å². The number of rotatable bonds is 7. The molecule has 0 saturated carbocycles. The molecule has 0 bridgehead atoms. The average molecular weight is 446 g/mol. The van der Waals surface area contributed by atoms with E-state index >= 15 is 0 Å². The van der Waals surface area contributed by atoms with Crippen LogP contribution < -0.4 is 0 Å². The molecule has 9 nitrogen and oxygen atoms in total. The van der Waals surface area contributed by atoms with E-state index in [2.05, 4.69) is 8.83 Å². The third-order valence-electron chi connectivity index (χ3n) is 3.86. The Labute approximate surface area is 160 Å². The lowest BCUT2D eigenvalue weighted by atomic mass is 10.0. The van der Waals surface area contributed by atoms with Gasteiger partial charge in [-0.25, -0.2) is 17.5 Å². The lowest BCUT2D eigenvalue weighted by Gasteiger charge is -2.13. The van der Waals surface area contributed by atoms with Gasteiger partial charge >= 0.3 is 15.6 Å². The minimum atomic E-state index is -5.27. The van der Waals surface area contributed by atoms with E-state index in [0.29, 0.717) is 10.8 Å². The van der Waals surface area contributed by atoms with E-state index in [9.17, 15) is 22.4 Å². The number of hydrogen-bond acceptors (Lipinski definition) is 6. The molecule has 1 atom stereocenters. The van der Waals surface area contributed by atoms with Gasteiger partial charge < -0.3 is 14.7 Å². The molecule has 0 spiro atoms. The molecule has 28 heavy (non-hydrogen) atoms. The largest absolute Gasteiger partial charge is 0.481 e. The monoisotopic (exact) mass is 446 g/mol. The van der Waals surface area contributed by atoms with Gasteiger partial charge in [-0.2, -0.15) is 4.31 Å². The predicted molar refractivity (Wildman–Crippen MR) is 102 cm³/mol. The van der Waals surface area contributed by atoms with E-state index in [1.807, 2.05) is 30.3 Å². The van der Waals surface area contributed by atoms with Gasteiger partial charge in [-0.15, -0.1) is 0 Å². The highest BCUT2D eigenvalue weighted by molar-refractivity contribution is 7.91. The van der Waals surface area contributed by atoms with E-state index in [1.54, 1.807) is 18.2 Å². The van der Waals surface area contributed by atoms with Gasteiger partial charge in [-0.3, -0.25) is 4.52 Å². The second kappa shape index (κ2) is 7.67. The van der Waals surface area contributed by atoms with Crippen LogP contribution in [0.2, 0.25) is 0 Å². The molecule has 0 aromatic heterocycles. The summed E-state index contributed by atoms with van der Waals surface area (Å²) in [5, 5.41) is 2.99. The Morgan fingerprint density at radius 2 is 1.46 bits per heavy atom. The third kappa shape index (κ3) is 5.05. The van der Waals surface area contributed by atoms with Crippen LogP contribution in [0.1, 0.15) is 0 Å². The van der Waals surface area contributed by atoms with E-state index in [-0.39, 0.29) is 4.90 Å². The third-order valence-corrected chi connectivity index (χ3v) is 7.77. The highest BCUT2D eigenvalue weighted by Crippen LogP contribution is 2.57. The Balaban J connectivity index is 1.87. The SMILES string of the molecule is O=P(O)(O)OP(=O)(O)OCCS(=O)(=O)c1cccc2cc3ccccc3cc12. The molecule has 0 aliphatic carbocycles. The summed E-state index contributed by atoms with van der Waals surface area (Å²) in [6.45, 7) is -0.792. The fourth-order valence-corrected chi connectivity index (χ4v) is 5.77. The van der Waals surface area contributed by atoms with Crippen molar-refractivity contribution in [3.05, 3.63) is 54.6 Å². The lowest BCUT2D eigenvalue weighted by molar-refractivity contribution is 0.185. The van der Waals surface area contributed by atoms with Crippen molar-refractivity contribution in [3.8, 4) is 0 Å². The van der Waals surface area contributed by atoms with E-state index in [4.69, 9.17) is 9.79 Å². The molecule has 0 saturated heterocycles. The number of phosphoric acid groups is 2. The first-order chi connectivity index (χ1) is 13.0. The van der Waals surface area contributed by atoms with Crippen LogP contribution in [-0.4, -0.2) is 35.5 Å². The molecular formula is C16H16O9P2S. The van der Waals surface area contributed by atoms with Crippen LogP contribution in [0, 0.1) is 0 Å². The molecule has 3 aromatic rings. The topological polar surface area (TPSA) is 147 Å². The van der Waals surface area contributed by atoms with Gasteiger partial charge in [-0.1, -0.05) is 36.4 Å². The Morgan fingerprint density at radius 1 is 0.857 bits per heavy atom. The summed E-state index contributed by atoms with van der Waals surface area (Å²) < 4.78 is 55.5. The number of sulfone groups is 1. The summed E-state index contributed by atoms with van der Waals surface area (Å²) in [6, 6.07) is 15.8. The zero-order valence-corrected chi connectivity index (χ0v) is 16.8. The second-order valence-corrected chi connectivity index (χ2v) is 10.8. The van der Waals surface area contributed by atoms with Gasteiger partial charge in [0, 0.05) is 5.39 Å². The van der Waals surface area contributed by atoms with Crippen LogP contribution in [0.15, 0.2) is 59.5 Å². The maximum Gasteiger partial charge on any atom is 0.481 e. The Hall–Kier alpha value is -1.61. The van der Waals surface area contributed by atoms with Gasteiger partial charge in [-0.05, 0) is 34.4 Å². The van der Waals surface area contributed by atoms with Crippen molar-refractivity contribution in [2.75, 3.05) is 12.4 Å². The fraction of sp³-hybridized carbons (Fsp3) is 0.125. The summed E-state index contributed by atoms with van der Waals surface area (Å²) in [4.78, 5) is 26.4. The van der Waals surface area contributed by atoms with Crippen LogP contribution in [0.25, 0.3) is 21.5 Å². The molecule has 3 N–H and O–H groups in total. The van der Waals surface area contributed by atoms with E-state index in [0.717, 1.165) is 10.8 Å². The minimum Gasteiger partial charge on any atom is -0.302 e. The number of fused-ring (bicyclic) bond motifs is 2. The quantitative estimate of drug-likeness (QED) is 0.368.